The molecule has 2 amide bonds. The summed E-state index contributed by atoms with van der Waals surface area (Å²) in [5.41, 5.74) is -0.387. The molecule has 2 aromatic heterocycles. The van der Waals surface area contributed by atoms with Crippen LogP contribution in [0.5, 0.6) is 0 Å². The summed E-state index contributed by atoms with van der Waals surface area (Å²) in [7, 11) is 0. The molecule has 1 aromatic carbocycles. The largest absolute Gasteiger partial charge is 0.389 e. The van der Waals surface area contributed by atoms with Crippen LogP contribution in [-0.4, -0.2) is 27.3 Å². The Morgan fingerprint density at radius 1 is 1.03 bits per heavy atom. The molecule has 0 radical (unpaired) electrons. The van der Waals surface area contributed by atoms with E-state index in [2.05, 4.69) is 25.9 Å². The molecule has 0 aliphatic carbocycles. The maximum atomic E-state index is 12.8. The van der Waals surface area contributed by atoms with E-state index < -0.39 is 16.6 Å². The van der Waals surface area contributed by atoms with Crippen molar-refractivity contribution >= 4 is 40.2 Å². The highest BCUT2D eigenvalue weighted by atomic mass is 16.4. The second-order valence-electron chi connectivity index (χ2n) is 9.59. The monoisotopic (exact) mass is 451 g/mol. The van der Waals surface area contributed by atoms with Crippen LogP contribution in [0.4, 0.5) is 17.5 Å². The van der Waals surface area contributed by atoms with Crippen LogP contribution in [0.1, 0.15) is 46.6 Å². The maximum absolute atomic E-state index is 12.8. The highest BCUT2D eigenvalue weighted by Crippen LogP contribution is 2.26. The van der Waals surface area contributed by atoms with Crippen molar-refractivity contribution in [3.05, 3.63) is 52.5 Å². The van der Waals surface area contributed by atoms with Gasteiger partial charge < -0.3 is 20.4 Å². The van der Waals surface area contributed by atoms with Gasteiger partial charge >= 0.3 is 5.63 Å². The number of carbonyl (C=O) groups is 2. The predicted molar refractivity (Wildman–Crippen MR) is 128 cm³/mol. The first-order valence-electron chi connectivity index (χ1n) is 10.6. The SMILES string of the molecule is Cc1c(NC(=O)C(C)(C)C)ccc2nc(NC(C)(C)CC(=O)Nc3ccccn3)oc(=O)c12. The molecule has 174 valence electrons. The molecule has 3 aromatic rings. The van der Waals surface area contributed by atoms with E-state index >= 15 is 0 Å². The molecular formula is C24H29N5O4. The summed E-state index contributed by atoms with van der Waals surface area (Å²) in [5.74, 6) is 0.0502. The first-order valence-corrected chi connectivity index (χ1v) is 10.6. The van der Waals surface area contributed by atoms with Gasteiger partial charge in [0.2, 0.25) is 11.8 Å². The van der Waals surface area contributed by atoms with Gasteiger partial charge in [-0.2, -0.15) is 4.98 Å². The van der Waals surface area contributed by atoms with Crippen LogP contribution in [0, 0.1) is 12.3 Å². The molecule has 0 aliphatic heterocycles. The van der Waals surface area contributed by atoms with Crippen LogP contribution in [-0.2, 0) is 9.59 Å². The van der Waals surface area contributed by atoms with Crippen LogP contribution in [0.3, 0.4) is 0 Å². The lowest BCUT2D eigenvalue weighted by molar-refractivity contribution is -0.123. The highest BCUT2D eigenvalue weighted by Gasteiger charge is 2.25. The van der Waals surface area contributed by atoms with Gasteiger partial charge in [-0.1, -0.05) is 26.8 Å². The van der Waals surface area contributed by atoms with Crippen LogP contribution in [0.2, 0.25) is 0 Å². The number of pyridine rings is 1. The first-order chi connectivity index (χ1) is 15.4. The summed E-state index contributed by atoms with van der Waals surface area (Å²) in [4.78, 5) is 46.0. The van der Waals surface area contributed by atoms with Gasteiger partial charge in [-0.05, 0) is 50.6 Å². The van der Waals surface area contributed by atoms with Crippen molar-refractivity contribution < 1.29 is 14.0 Å². The van der Waals surface area contributed by atoms with E-state index in [4.69, 9.17) is 4.42 Å². The maximum Gasteiger partial charge on any atom is 0.348 e. The zero-order valence-electron chi connectivity index (χ0n) is 19.7. The number of aryl methyl sites for hydroxylation is 1. The Balaban J connectivity index is 1.80. The predicted octanol–water partition coefficient (Wildman–Crippen LogP) is 4.10. The van der Waals surface area contributed by atoms with Crippen molar-refractivity contribution in [2.75, 3.05) is 16.0 Å². The minimum Gasteiger partial charge on any atom is -0.389 e. The van der Waals surface area contributed by atoms with E-state index in [1.54, 1.807) is 57.3 Å². The third-order valence-electron chi connectivity index (χ3n) is 4.97. The van der Waals surface area contributed by atoms with Crippen molar-refractivity contribution in [1.29, 1.82) is 0 Å². The fourth-order valence-corrected chi connectivity index (χ4v) is 3.18. The molecule has 9 nitrogen and oxygen atoms in total. The van der Waals surface area contributed by atoms with Crippen molar-refractivity contribution in [2.24, 2.45) is 5.41 Å². The third kappa shape index (κ3) is 5.94. The van der Waals surface area contributed by atoms with Crippen molar-refractivity contribution in [1.82, 2.24) is 9.97 Å². The van der Waals surface area contributed by atoms with E-state index in [-0.39, 0.29) is 29.6 Å². The summed E-state index contributed by atoms with van der Waals surface area (Å²) in [6.07, 6.45) is 1.68. The number of benzene rings is 1. The van der Waals surface area contributed by atoms with Gasteiger partial charge in [0.05, 0.1) is 10.9 Å². The number of amides is 2. The van der Waals surface area contributed by atoms with E-state index in [1.807, 2.05) is 20.8 Å². The Morgan fingerprint density at radius 2 is 1.76 bits per heavy atom. The van der Waals surface area contributed by atoms with Crippen molar-refractivity contribution in [3.63, 3.8) is 0 Å². The molecule has 0 spiro atoms. The Hall–Kier alpha value is -3.75. The molecule has 0 atom stereocenters. The molecule has 33 heavy (non-hydrogen) atoms. The van der Waals surface area contributed by atoms with Gasteiger partial charge in [-0.15, -0.1) is 0 Å². The van der Waals surface area contributed by atoms with Crippen LogP contribution in [0.15, 0.2) is 45.7 Å². The molecule has 9 heteroatoms. The molecule has 0 bridgehead atoms. The van der Waals surface area contributed by atoms with Crippen molar-refractivity contribution in [3.8, 4) is 0 Å². The van der Waals surface area contributed by atoms with Crippen LogP contribution < -0.4 is 21.6 Å². The number of anilines is 3. The van der Waals surface area contributed by atoms with E-state index in [1.165, 1.54) is 0 Å². The van der Waals surface area contributed by atoms with Gasteiger partial charge in [0, 0.05) is 29.3 Å². The fourth-order valence-electron chi connectivity index (χ4n) is 3.18. The van der Waals surface area contributed by atoms with Gasteiger partial charge in [-0.25, -0.2) is 9.78 Å². The molecule has 0 aliphatic rings. The summed E-state index contributed by atoms with van der Waals surface area (Å²) >= 11 is 0. The van der Waals surface area contributed by atoms with Gasteiger partial charge in [0.15, 0.2) is 0 Å². The van der Waals surface area contributed by atoms with E-state index in [0.717, 1.165) is 0 Å². The third-order valence-corrected chi connectivity index (χ3v) is 4.97. The average Bonchev–Trinajstić information content (AvgIpc) is 2.68. The number of hydrogen-bond donors (Lipinski definition) is 3. The molecule has 0 saturated carbocycles. The topological polar surface area (TPSA) is 126 Å². The first kappa shape index (κ1) is 23.9. The number of carbonyl (C=O) groups excluding carboxylic acids is 2. The smallest absolute Gasteiger partial charge is 0.348 e. The lowest BCUT2D eigenvalue weighted by atomic mass is 9.95. The molecule has 0 unspecified atom stereocenters. The molecule has 0 saturated heterocycles. The molecule has 3 N–H and O–H groups in total. The summed E-state index contributed by atoms with van der Waals surface area (Å²) in [6, 6.07) is 8.61. The van der Waals surface area contributed by atoms with Crippen LogP contribution >= 0.6 is 0 Å². The second kappa shape index (κ2) is 9.01. The Bertz CT molecular complexity index is 1240. The number of rotatable bonds is 6. The Kier molecular flexibility index (Phi) is 6.53. The number of nitrogens with one attached hydrogen (secondary N) is 3. The fraction of sp³-hybridized carbons (Fsp3) is 0.375. The van der Waals surface area contributed by atoms with Gasteiger partial charge in [0.25, 0.3) is 6.01 Å². The van der Waals surface area contributed by atoms with E-state index in [0.29, 0.717) is 22.6 Å². The number of fused-ring (bicyclic) bond motifs is 1. The zero-order valence-corrected chi connectivity index (χ0v) is 19.7. The van der Waals surface area contributed by atoms with Crippen LogP contribution in [0.25, 0.3) is 10.9 Å². The minimum absolute atomic E-state index is 0.00835. The average molecular weight is 452 g/mol. The van der Waals surface area contributed by atoms with Gasteiger partial charge in [0.1, 0.15) is 5.82 Å². The van der Waals surface area contributed by atoms with Crippen molar-refractivity contribution in [2.45, 2.75) is 53.5 Å². The van der Waals surface area contributed by atoms with Gasteiger partial charge in [-0.3, -0.25) is 9.59 Å². The summed E-state index contributed by atoms with van der Waals surface area (Å²) in [6.45, 7) is 10.8. The minimum atomic E-state index is -0.759. The molecular weight excluding hydrogens is 422 g/mol. The normalized spacial score (nSPS) is 11.8. The quantitative estimate of drug-likeness (QED) is 0.515. The van der Waals surface area contributed by atoms with E-state index in [9.17, 15) is 14.4 Å². The molecule has 3 rings (SSSR count). The summed E-state index contributed by atoms with van der Waals surface area (Å²) < 4.78 is 5.40. The standard InChI is InChI=1S/C24H29N5O4/c1-14-15(26-21(32)23(2,3)4)10-11-16-19(14)20(31)33-22(27-16)29-24(5,6)13-18(30)28-17-9-7-8-12-25-17/h7-12H,13H2,1-6H3,(H,26,32)(H,27,29)(H,25,28,30). The lowest BCUT2D eigenvalue weighted by Gasteiger charge is -2.25. The number of nitrogens with zero attached hydrogens (tertiary/aromatic N) is 2. The number of aromatic nitrogens is 2. The second-order valence-corrected chi connectivity index (χ2v) is 9.59. The zero-order chi connectivity index (χ0) is 24.4. The molecule has 0 fully saturated rings. The summed E-state index contributed by atoms with van der Waals surface area (Å²) in [5, 5.41) is 8.89. The Labute approximate surface area is 192 Å². The lowest BCUT2D eigenvalue weighted by Crippen LogP contribution is -2.36. The molecule has 2 heterocycles. The Morgan fingerprint density at radius 3 is 2.39 bits per heavy atom. The highest BCUT2D eigenvalue weighted by molar-refractivity contribution is 5.98. The number of hydrogen-bond acceptors (Lipinski definition) is 7.